The predicted octanol–water partition coefficient (Wildman–Crippen LogP) is 3.02. The van der Waals surface area contributed by atoms with E-state index in [2.05, 4.69) is 0 Å². The number of ketones is 1. The van der Waals surface area contributed by atoms with Gasteiger partial charge in [-0.1, -0.05) is 23.7 Å². The average molecular weight is 299 g/mol. The van der Waals surface area contributed by atoms with Crippen LogP contribution in [0.5, 0.6) is 0 Å². The van der Waals surface area contributed by atoms with E-state index in [1.807, 2.05) is 12.1 Å². The molecule has 20 heavy (non-hydrogen) atoms. The van der Waals surface area contributed by atoms with E-state index in [0.717, 1.165) is 5.56 Å². The van der Waals surface area contributed by atoms with Gasteiger partial charge in [-0.05, 0) is 38.5 Å². The topological polar surface area (TPSA) is 52.6 Å². The second kappa shape index (κ2) is 7.41. The monoisotopic (exact) mass is 298 g/mol. The summed E-state index contributed by atoms with van der Waals surface area (Å²) in [7, 11) is 0. The summed E-state index contributed by atoms with van der Waals surface area (Å²) < 4.78 is 10.2. The van der Waals surface area contributed by atoms with E-state index in [9.17, 15) is 9.59 Å². The van der Waals surface area contributed by atoms with Crippen LogP contribution in [-0.2, 0) is 25.7 Å². The molecule has 0 spiro atoms. The molecule has 0 aliphatic heterocycles. The number of hydrogen-bond donors (Lipinski definition) is 0. The lowest BCUT2D eigenvalue weighted by molar-refractivity contribution is -0.159. The molecule has 0 saturated carbocycles. The third-order valence-electron chi connectivity index (χ3n) is 2.87. The largest absolute Gasteiger partial charge is 0.465 e. The highest BCUT2D eigenvalue weighted by Crippen LogP contribution is 2.19. The maximum absolute atomic E-state index is 12.0. The Morgan fingerprint density at radius 3 is 2.60 bits per heavy atom. The van der Waals surface area contributed by atoms with Gasteiger partial charge in [-0.15, -0.1) is 0 Å². The molecule has 0 aliphatic rings. The Labute approximate surface area is 124 Å². The van der Waals surface area contributed by atoms with E-state index in [1.165, 1.54) is 13.8 Å². The Kier molecular flexibility index (Phi) is 6.17. The maximum atomic E-state index is 12.0. The Morgan fingerprint density at radius 2 is 2.00 bits per heavy atom. The molecule has 110 valence electrons. The number of benzene rings is 1. The van der Waals surface area contributed by atoms with Crippen molar-refractivity contribution in [3.8, 4) is 0 Å². The van der Waals surface area contributed by atoms with Crippen molar-refractivity contribution in [1.29, 1.82) is 0 Å². The van der Waals surface area contributed by atoms with Crippen LogP contribution in [0.4, 0.5) is 0 Å². The van der Waals surface area contributed by atoms with E-state index in [1.54, 1.807) is 19.1 Å². The quantitative estimate of drug-likeness (QED) is 0.573. The molecular weight excluding hydrogens is 280 g/mol. The maximum Gasteiger partial charge on any atom is 0.319 e. The minimum atomic E-state index is -1.19. The van der Waals surface area contributed by atoms with Crippen molar-refractivity contribution in [3.05, 3.63) is 34.9 Å². The molecular formula is C15H19ClO4. The van der Waals surface area contributed by atoms with Crippen LogP contribution in [0.15, 0.2) is 24.3 Å². The van der Waals surface area contributed by atoms with Crippen molar-refractivity contribution in [2.45, 2.75) is 27.4 Å². The van der Waals surface area contributed by atoms with Crippen molar-refractivity contribution < 1.29 is 19.1 Å². The van der Waals surface area contributed by atoms with Gasteiger partial charge >= 0.3 is 5.97 Å². The molecule has 1 aromatic carbocycles. The second-order valence-electron chi connectivity index (χ2n) is 4.89. The summed E-state index contributed by atoms with van der Waals surface area (Å²) in [5.41, 5.74) is -0.316. The molecule has 0 unspecified atom stereocenters. The molecule has 4 nitrogen and oxygen atoms in total. The number of carbonyl (C=O) groups is 2. The van der Waals surface area contributed by atoms with Crippen LogP contribution in [0, 0.1) is 5.41 Å². The zero-order chi connectivity index (χ0) is 15.2. The Bertz CT molecular complexity index is 483. The summed E-state index contributed by atoms with van der Waals surface area (Å²) >= 11 is 5.85. The highest BCUT2D eigenvalue weighted by atomic mass is 35.5. The van der Waals surface area contributed by atoms with Gasteiger partial charge in [0, 0.05) is 5.02 Å². The van der Waals surface area contributed by atoms with Crippen molar-refractivity contribution >= 4 is 23.4 Å². The first-order chi connectivity index (χ1) is 9.37. The Balaban J connectivity index is 2.49. The van der Waals surface area contributed by atoms with Crippen LogP contribution in [-0.4, -0.2) is 25.0 Å². The van der Waals surface area contributed by atoms with E-state index in [0.29, 0.717) is 5.02 Å². The standard InChI is InChI=1S/C15H19ClO4/c1-4-20-14(18)15(2,3)13(17)10-19-9-11-6-5-7-12(16)8-11/h5-8H,4,9-10H2,1-3H3. The minimum absolute atomic E-state index is 0.141. The van der Waals surface area contributed by atoms with Gasteiger partial charge in [0.05, 0.1) is 13.2 Å². The van der Waals surface area contributed by atoms with Gasteiger partial charge in [0.1, 0.15) is 12.0 Å². The lowest BCUT2D eigenvalue weighted by Crippen LogP contribution is -2.37. The van der Waals surface area contributed by atoms with Crippen molar-refractivity contribution in [2.24, 2.45) is 5.41 Å². The van der Waals surface area contributed by atoms with Crippen LogP contribution in [0.25, 0.3) is 0 Å². The van der Waals surface area contributed by atoms with Gasteiger partial charge in [-0.25, -0.2) is 0 Å². The molecule has 0 N–H and O–H groups in total. The third-order valence-corrected chi connectivity index (χ3v) is 3.11. The van der Waals surface area contributed by atoms with Gasteiger partial charge in [0.2, 0.25) is 0 Å². The molecule has 0 amide bonds. The highest BCUT2D eigenvalue weighted by molar-refractivity contribution is 6.30. The van der Waals surface area contributed by atoms with E-state index in [-0.39, 0.29) is 25.6 Å². The van der Waals surface area contributed by atoms with Crippen LogP contribution in [0.2, 0.25) is 5.02 Å². The van der Waals surface area contributed by atoms with Crippen LogP contribution in [0.3, 0.4) is 0 Å². The number of rotatable bonds is 7. The van der Waals surface area contributed by atoms with Crippen LogP contribution >= 0.6 is 11.6 Å². The van der Waals surface area contributed by atoms with E-state index < -0.39 is 11.4 Å². The number of hydrogen-bond acceptors (Lipinski definition) is 4. The first-order valence-electron chi connectivity index (χ1n) is 6.40. The van der Waals surface area contributed by atoms with Crippen LogP contribution < -0.4 is 0 Å². The summed E-state index contributed by atoms with van der Waals surface area (Å²) in [6.07, 6.45) is 0. The lowest BCUT2D eigenvalue weighted by Gasteiger charge is -2.20. The Hall–Kier alpha value is -1.39. The minimum Gasteiger partial charge on any atom is -0.465 e. The number of Topliss-reactive ketones (excluding diaryl/α,β-unsaturated/α-hetero) is 1. The summed E-state index contributed by atoms with van der Waals surface area (Å²) in [5.74, 6) is -0.839. The molecule has 0 radical (unpaired) electrons. The average Bonchev–Trinajstić information content (AvgIpc) is 2.38. The smallest absolute Gasteiger partial charge is 0.319 e. The van der Waals surface area contributed by atoms with Crippen molar-refractivity contribution in [1.82, 2.24) is 0 Å². The van der Waals surface area contributed by atoms with E-state index in [4.69, 9.17) is 21.1 Å². The number of esters is 1. The first-order valence-corrected chi connectivity index (χ1v) is 6.78. The van der Waals surface area contributed by atoms with Gasteiger partial charge < -0.3 is 9.47 Å². The summed E-state index contributed by atoms with van der Waals surface area (Å²) in [6, 6.07) is 7.20. The zero-order valence-electron chi connectivity index (χ0n) is 11.9. The number of ether oxygens (including phenoxy) is 2. The molecule has 0 atom stereocenters. The highest BCUT2D eigenvalue weighted by Gasteiger charge is 2.37. The molecule has 1 rings (SSSR count). The second-order valence-corrected chi connectivity index (χ2v) is 5.33. The molecule has 1 aromatic rings. The molecule has 0 fully saturated rings. The zero-order valence-corrected chi connectivity index (χ0v) is 12.7. The molecule has 0 bridgehead atoms. The number of carbonyl (C=O) groups excluding carboxylic acids is 2. The normalized spacial score (nSPS) is 11.2. The molecule has 0 aromatic heterocycles. The number of halogens is 1. The summed E-state index contributed by atoms with van der Waals surface area (Å²) in [4.78, 5) is 23.7. The van der Waals surface area contributed by atoms with Gasteiger partial charge in [-0.3, -0.25) is 9.59 Å². The fourth-order valence-electron chi connectivity index (χ4n) is 1.49. The van der Waals surface area contributed by atoms with E-state index >= 15 is 0 Å². The molecule has 5 heteroatoms. The molecule has 0 aliphatic carbocycles. The molecule has 0 saturated heterocycles. The summed E-state index contributed by atoms with van der Waals surface area (Å²) in [6.45, 7) is 5.16. The van der Waals surface area contributed by atoms with Gasteiger partial charge in [0.15, 0.2) is 5.78 Å². The predicted molar refractivity (Wildman–Crippen MR) is 76.5 cm³/mol. The Morgan fingerprint density at radius 1 is 1.30 bits per heavy atom. The first kappa shape index (κ1) is 16.7. The summed E-state index contributed by atoms with van der Waals surface area (Å²) in [5, 5.41) is 0.615. The van der Waals surface area contributed by atoms with Gasteiger partial charge in [-0.2, -0.15) is 0 Å². The lowest BCUT2D eigenvalue weighted by atomic mass is 9.88. The van der Waals surface area contributed by atoms with Crippen molar-refractivity contribution in [2.75, 3.05) is 13.2 Å². The molecule has 0 heterocycles. The van der Waals surface area contributed by atoms with Gasteiger partial charge in [0.25, 0.3) is 0 Å². The fourth-order valence-corrected chi connectivity index (χ4v) is 1.71. The SMILES string of the molecule is CCOC(=O)C(C)(C)C(=O)COCc1cccc(Cl)c1. The van der Waals surface area contributed by atoms with Crippen molar-refractivity contribution in [3.63, 3.8) is 0 Å². The van der Waals surface area contributed by atoms with Crippen LogP contribution in [0.1, 0.15) is 26.3 Å². The fraction of sp³-hybridized carbons (Fsp3) is 0.467. The third kappa shape index (κ3) is 4.62.